The second-order valence-electron chi connectivity index (χ2n) is 7.25. The van der Waals surface area contributed by atoms with Crippen LogP contribution in [-0.2, 0) is 9.09 Å². The summed E-state index contributed by atoms with van der Waals surface area (Å²) < 4.78 is 19.1. The Hall–Kier alpha value is -2.77. The molecule has 4 aromatic rings. The summed E-state index contributed by atoms with van der Waals surface area (Å²) in [6, 6.07) is 15.0. The standard InChI is InChI=1S/C23H21N2O4PS2/c1-14-4-9-20(15(2)10-14)30(28,29-3)25-18-11-21(32-22(18)23(26)27)17-7-5-16(6-8-17)19-12-31-13-24-19/h4-13H,1-3H3,(H,25,28)(H,26,27). The van der Waals surface area contributed by atoms with Crippen LogP contribution < -0.4 is 10.4 Å². The average molecular weight is 485 g/mol. The van der Waals surface area contributed by atoms with Crippen LogP contribution in [-0.4, -0.2) is 23.2 Å². The Morgan fingerprint density at radius 1 is 1.09 bits per heavy atom. The summed E-state index contributed by atoms with van der Waals surface area (Å²) in [6.45, 7) is 3.81. The van der Waals surface area contributed by atoms with Crippen molar-refractivity contribution in [3.8, 4) is 21.7 Å². The number of thiophene rings is 1. The molecule has 0 fully saturated rings. The van der Waals surface area contributed by atoms with E-state index in [0.717, 1.165) is 44.2 Å². The Labute approximate surface area is 194 Å². The van der Waals surface area contributed by atoms with E-state index >= 15 is 0 Å². The van der Waals surface area contributed by atoms with Crippen molar-refractivity contribution in [2.75, 3.05) is 12.2 Å². The fraction of sp³-hybridized carbons (Fsp3) is 0.130. The minimum Gasteiger partial charge on any atom is -0.477 e. The molecule has 0 bridgehead atoms. The van der Waals surface area contributed by atoms with Gasteiger partial charge in [0.15, 0.2) is 0 Å². The van der Waals surface area contributed by atoms with E-state index in [9.17, 15) is 14.5 Å². The van der Waals surface area contributed by atoms with Crippen LogP contribution in [0.3, 0.4) is 0 Å². The summed E-state index contributed by atoms with van der Waals surface area (Å²) in [6.07, 6.45) is 0. The molecule has 0 aliphatic rings. The van der Waals surface area contributed by atoms with Crippen LogP contribution in [0, 0.1) is 13.8 Å². The number of nitrogens with zero attached hydrogens (tertiary/aromatic N) is 1. The third kappa shape index (κ3) is 4.40. The first-order valence-electron chi connectivity index (χ1n) is 9.69. The van der Waals surface area contributed by atoms with E-state index in [1.807, 2.05) is 55.6 Å². The van der Waals surface area contributed by atoms with E-state index in [1.165, 1.54) is 18.4 Å². The summed E-state index contributed by atoms with van der Waals surface area (Å²) >= 11 is 2.65. The predicted octanol–water partition coefficient (Wildman–Crippen LogP) is 6.43. The molecular formula is C23H21N2O4PS2. The van der Waals surface area contributed by atoms with Crippen LogP contribution in [0.2, 0.25) is 0 Å². The van der Waals surface area contributed by atoms with Gasteiger partial charge in [0.05, 0.1) is 22.2 Å². The molecule has 6 nitrogen and oxygen atoms in total. The summed E-state index contributed by atoms with van der Waals surface area (Å²) in [5, 5.41) is 15.2. The Bertz CT molecular complexity index is 1310. The average Bonchev–Trinajstić information content (AvgIpc) is 3.44. The van der Waals surface area contributed by atoms with Gasteiger partial charge in [0.25, 0.3) is 0 Å². The number of hydrogen-bond donors (Lipinski definition) is 2. The zero-order chi connectivity index (χ0) is 22.9. The molecule has 2 aromatic heterocycles. The number of benzene rings is 2. The highest BCUT2D eigenvalue weighted by Gasteiger charge is 2.30. The second kappa shape index (κ2) is 9.00. The van der Waals surface area contributed by atoms with Gasteiger partial charge in [0.1, 0.15) is 4.88 Å². The van der Waals surface area contributed by atoms with Gasteiger partial charge >= 0.3 is 13.5 Å². The summed E-state index contributed by atoms with van der Waals surface area (Å²) in [5.41, 5.74) is 6.66. The lowest BCUT2D eigenvalue weighted by Gasteiger charge is -2.20. The third-order valence-electron chi connectivity index (χ3n) is 5.02. The molecule has 2 aromatic carbocycles. The summed E-state index contributed by atoms with van der Waals surface area (Å²) in [5.74, 6) is -1.09. The maximum atomic E-state index is 13.7. The molecule has 0 spiro atoms. The van der Waals surface area contributed by atoms with Crippen LogP contribution in [0.25, 0.3) is 21.7 Å². The van der Waals surface area contributed by atoms with Gasteiger partial charge in [-0.1, -0.05) is 42.0 Å². The van der Waals surface area contributed by atoms with Crippen molar-refractivity contribution in [2.45, 2.75) is 13.8 Å². The lowest BCUT2D eigenvalue weighted by Crippen LogP contribution is -2.17. The highest BCUT2D eigenvalue weighted by atomic mass is 32.1. The molecule has 1 unspecified atom stereocenters. The minimum absolute atomic E-state index is 0.0746. The van der Waals surface area contributed by atoms with E-state index < -0.39 is 13.5 Å². The fourth-order valence-electron chi connectivity index (χ4n) is 3.43. The lowest BCUT2D eigenvalue weighted by atomic mass is 10.1. The minimum atomic E-state index is -3.53. The number of carbonyl (C=O) groups is 1. The summed E-state index contributed by atoms with van der Waals surface area (Å²) in [4.78, 5) is 17.1. The molecule has 0 aliphatic heterocycles. The molecule has 32 heavy (non-hydrogen) atoms. The number of anilines is 1. The number of thiazole rings is 1. The van der Waals surface area contributed by atoms with Crippen LogP contribution >= 0.6 is 30.2 Å². The van der Waals surface area contributed by atoms with Crippen molar-refractivity contribution in [1.82, 2.24) is 4.98 Å². The highest BCUT2D eigenvalue weighted by molar-refractivity contribution is 7.68. The molecule has 2 heterocycles. The molecule has 0 aliphatic carbocycles. The number of carboxylic acid groups (broad SMARTS) is 1. The topological polar surface area (TPSA) is 88.5 Å². The summed E-state index contributed by atoms with van der Waals surface area (Å²) in [7, 11) is -2.17. The van der Waals surface area contributed by atoms with Crippen LogP contribution in [0.1, 0.15) is 20.8 Å². The molecule has 9 heteroatoms. The maximum absolute atomic E-state index is 13.7. The molecule has 2 N–H and O–H groups in total. The smallest absolute Gasteiger partial charge is 0.348 e. The molecule has 0 saturated carbocycles. The quantitative estimate of drug-likeness (QED) is 0.294. The number of hydrogen-bond acceptors (Lipinski definition) is 6. The van der Waals surface area contributed by atoms with Crippen LogP contribution in [0.4, 0.5) is 5.69 Å². The zero-order valence-corrected chi connectivity index (χ0v) is 20.2. The largest absolute Gasteiger partial charge is 0.477 e. The second-order valence-corrected chi connectivity index (χ2v) is 11.2. The third-order valence-corrected chi connectivity index (χ3v) is 8.96. The Morgan fingerprint density at radius 2 is 1.81 bits per heavy atom. The van der Waals surface area contributed by atoms with Crippen molar-refractivity contribution < 1.29 is 19.0 Å². The number of aromatic nitrogens is 1. The van der Waals surface area contributed by atoms with Crippen LogP contribution in [0.5, 0.6) is 0 Å². The number of aromatic carboxylic acids is 1. The van der Waals surface area contributed by atoms with Crippen LogP contribution in [0.15, 0.2) is 59.4 Å². The highest BCUT2D eigenvalue weighted by Crippen LogP contribution is 2.48. The van der Waals surface area contributed by atoms with Gasteiger partial charge in [-0.05, 0) is 37.1 Å². The number of rotatable bonds is 7. The van der Waals surface area contributed by atoms with Gasteiger partial charge in [-0.15, -0.1) is 22.7 Å². The molecule has 4 rings (SSSR count). The SMILES string of the molecule is COP(=O)(Nc1cc(-c2ccc(-c3cscn3)cc2)sc1C(=O)O)c1ccc(C)cc1C. The van der Waals surface area contributed by atoms with Crippen molar-refractivity contribution in [3.05, 3.63) is 75.4 Å². The number of carboxylic acids is 1. The zero-order valence-electron chi connectivity index (χ0n) is 17.7. The Balaban J connectivity index is 1.70. The molecular weight excluding hydrogens is 463 g/mol. The van der Waals surface area contributed by atoms with Crippen molar-refractivity contribution >= 4 is 47.2 Å². The van der Waals surface area contributed by atoms with Crippen molar-refractivity contribution in [2.24, 2.45) is 0 Å². The molecule has 164 valence electrons. The first-order chi connectivity index (χ1) is 15.3. The van der Waals surface area contributed by atoms with E-state index in [-0.39, 0.29) is 10.6 Å². The van der Waals surface area contributed by atoms with E-state index in [0.29, 0.717) is 5.30 Å². The van der Waals surface area contributed by atoms with Gasteiger partial charge < -0.3 is 14.7 Å². The molecule has 0 radical (unpaired) electrons. The van der Waals surface area contributed by atoms with Crippen molar-refractivity contribution in [1.29, 1.82) is 0 Å². The van der Waals surface area contributed by atoms with Crippen molar-refractivity contribution in [3.63, 3.8) is 0 Å². The maximum Gasteiger partial charge on any atom is 0.348 e. The fourth-order valence-corrected chi connectivity index (χ4v) is 6.73. The predicted molar refractivity (Wildman–Crippen MR) is 132 cm³/mol. The van der Waals surface area contributed by atoms with E-state index in [4.69, 9.17) is 4.52 Å². The monoisotopic (exact) mass is 484 g/mol. The van der Waals surface area contributed by atoms with E-state index in [1.54, 1.807) is 17.6 Å². The molecule has 0 saturated heterocycles. The van der Waals surface area contributed by atoms with E-state index in [2.05, 4.69) is 10.1 Å². The van der Waals surface area contributed by atoms with Gasteiger partial charge in [-0.2, -0.15) is 0 Å². The molecule has 0 amide bonds. The normalized spacial score (nSPS) is 13.0. The van der Waals surface area contributed by atoms with Gasteiger partial charge in [0, 0.05) is 22.9 Å². The Morgan fingerprint density at radius 3 is 2.41 bits per heavy atom. The lowest BCUT2D eigenvalue weighted by molar-refractivity contribution is 0.0703. The first kappa shape index (κ1) is 22.4. The van der Waals surface area contributed by atoms with Gasteiger partial charge in [0.2, 0.25) is 0 Å². The first-order valence-corrected chi connectivity index (χ1v) is 13.1. The van der Waals surface area contributed by atoms with Gasteiger partial charge in [-0.25, -0.2) is 9.78 Å². The number of nitrogens with one attached hydrogen (secondary N) is 1. The number of aryl methyl sites for hydroxylation is 2. The molecule has 1 atom stereocenters. The van der Waals surface area contributed by atoms with Gasteiger partial charge in [-0.3, -0.25) is 4.57 Å². The Kier molecular flexibility index (Phi) is 6.31.